The zero-order chi connectivity index (χ0) is 15.1. The van der Waals surface area contributed by atoms with Gasteiger partial charge in [-0.2, -0.15) is 0 Å². The number of carbonyl (C=O) groups excluding carboxylic acids is 1. The Balaban J connectivity index is 2.28. The van der Waals surface area contributed by atoms with Crippen LogP contribution in [0.25, 0.3) is 11.1 Å². The number of carbonyl (C=O) groups is 1. The van der Waals surface area contributed by atoms with Crippen LogP contribution in [0.5, 0.6) is 5.75 Å². The summed E-state index contributed by atoms with van der Waals surface area (Å²) in [7, 11) is 1.81. The Morgan fingerprint density at radius 3 is 2.57 bits per heavy atom. The molecule has 0 radical (unpaired) electrons. The van der Waals surface area contributed by atoms with Crippen molar-refractivity contribution in [3.8, 4) is 16.9 Å². The van der Waals surface area contributed by atoms with E-state index in [1.807, 2.05) is 55.6 Å². The number of ether oxygens (including phenoxy) is 1. The van der Waals surface area contributed by atoms with E-state index < -0.39 is 0 Å². The summed E-state index contributed by atoms with van der Waals surface area (Å²) in [5, 5.41) is 0. The van der Waals surface area contributed by atoms with Crippen LogP contribution in [0.2, 0.25) is 0 Å². The van der Waals surface area contributed by atoms with Crippen LogP contribution >= 0.6 is 0 Å². The molecule has 4 heteroatoms. The number of nitrogens with one attached hydrogen (secondary N) is 2. The molecule has 0 bridgehead atoms. The van der Waals surface area contributed by atoms with Gasteiger partial charge < -0.3 is 4.74 Å². The number of Topliss-reactive ketones (excluding diaryl/α,β-unsaturated/α-hetero) is 1. The third kappa shape index (κ3) is 4.15. The lowest BCUT2D eigenvalue weighted by atomic mass is 10.0. The maximum Gasteiger partial charge on any atom is 0.159 e. The fourth-order valence-electron chi connectivity index (χ4n) is 2.05. The molecule has 2 rings (SSSR count). The molecule has 0 saturated carbocycles. The largest absolute Gasteiger partial charge is 0.492 e. The van der Waals surface area contributed by atoms with Gasteiger partial charge in [0.15, 0.2) is 5.78 Å². The molecule has 110 valence electrons. The molecule has 0 unspecified atom stereocenters. The molecule has 2 aromatic carbocycles. The maximum absolute atomic E-state index is 11.5. The Labute approximate surface area is 125 Å². The summed E-state index contributed by atoms with van der Waals surface area (Å²) in [6.07, 6.45) is 0. The van der Waals surface area contributed by atoms with Gasteiger partial charge in [0.05, 0.1) is 0 Å². The first-order valence-corrected chi connectivity index (χ1v) is 6.95. The molecule has 21 heavy (non-hydrogen) atoms. The van der Waals surface area contributed by atoms with E-state index in [4.69, 9.17) is 4.74 Å². The predicted octanol–water partition coefficient (Wildman–Crippen LogP) is 2.66. The van der Waals surface area contributed by atoms with Gasteiger partial charge in [-0.15, -0.1) is 0 Å². The fraction of sp³-hybridized carbons (Fsp3) is 0.235. The van der Waals surface area contributed by atoms with Gasteiger partial charge in [-0.25, -0.2) is 0 Å². The molecule has 0 amide bonds. The van der Waals surface area contributed by atoms with Gasteiger partial charge in [0.2, 0.25) is 0 Å². The minimum Gasteiger partial charge on any atom is -0.492 e. The Hall–Kier alpha value is -2.17. The van der Waals surface area contributed by atoms with Gasteiger partial charge in [0, 0.05) is 17.7 Å². The molecule has 0 saturated heterocycles. The minimum absolute atomic E-state index is 0.0350. The van der Waals surface area contributed by atoms with Crippen molar-refractivity contribution in [2.75, 3.05) is 20.2 Å². The summed E-state index contributed by atoms with van der Waals surface area (Å²) in [5.41, 5.74) is 8.54. The Morgan fingerprint density at radius 2 is 1.90 bits per heavy atom. The average Bonchev–Trinajstić information content (AvgIpc) is 2.52. The van der Waals surface area contributed by atoms with Gasteiger partial charge in [0.1, 0.15) is 12.4 Å². The van der Waals surface area contributed by atoms with Crippen LogP contribution in [-0.2, 0) is 0 Å². The summed E-state index contributed by atoms with van der Waals surface area (Å²) in [4.78, 5) is 11.5. The SMILES string of the molecule is CNNCCOc1cc(C(C)=O)ccc1-c1ccccc1. The van der Waals surface area contributed by atoms with Crippen molar-refractivity contribution in [2.45, 2.75) is 6.92 Å². The summed E-state index contributed by atoms with van der Waals surface area (Å²) < 4.78 is 5.83. The van der Waals surface area contributed by atoms with Crippen LogP contribution in [0.3, 0.4) is 0 Å². The molecule has 0 heterocycles. The summed E-state index contributed by atoms with van der Waals surface area (Å²) in [5.74, 6) is 0.764. The number of hydrogen-bond acceptors (Lipinski definition) is 4. The van der Waals surface area contributed by atoms with Crippen LogP contribution in [-0.4, -0.2) is 26.0 Å². The zero-order valence-electron chi connectivity index (χ0n) is 12.3. The second-order valence-electron chi connectivity index (χ2n) is 4.66. The molecule has 2 aromatic rings. The Bertz CT molecular complexity index is 597. The molecule has 0 aliphatic rings. The third-order valence-electron chi connectivity index (χ3n) is 3.13. The van der Waals surface area contributed by atoms with Crippen molar-refractivity contribution in [1.82, 2.24) is 10.9 Å². The van der Waals surface area contributed by atoms with Crippen molar-refractivity contribution in [3.05, 3.63) is 54.1 Å². The van der Waals surface area contributed by atoms with E-state index in [-0.39, 0.29) is 5.78 Å². The van der Waals surface area contributed by atoms with Crippen molar-refractivity contribution >= 4 is 5.78 Å². The van der Waals surface area contributed by atoms with Crippen LogP contribution in [0.4, 0.5) is 0 Å². The first kappa shape index (κ1) is 15.2. The molecule has 0 atom stereocenters. The van der Waals surface area contributed by atoms with E-state index in [1.54, 1.807) is 6.92 Å². The van der Waals surface area contributed by atoms with Gasteiger partial charge in [-0.3, -0.25) is 15.6 Å². The number of hydrogen-bond donors (Lipinski definition) is 2. The van der Waals surface area contributed by atoms with Crippen LogP contribution in [0, 0.1) is 0 Å². The topological polar surface area (TPSA) is 50.4 Å². The van der Waals surface area contributed by atoms with Crippen LogP contribution in [0.15, 0.2) is 48.5 Å². The monoisotopic (exact) mass is 284 g/mol. The first-order valence-electron chi connectivity index (χ1n) is 6.95. The summed E-state index contributed by atoms with van der Waals surface area (Å²) in [6.45, 7) is 2.75. The van der Waals surface area contributed by atoms with E-state index in [0.717, 1.165) is 16.9 Å². The Morgan fingerprint density at radius 1 is 1.14 bits per heavy atom. The van der Waals surface area contributed by atoms with E-state index in [0.29, 0.717) is 18.7 Å². The molecule has 0 aliphatic heterocycles. The maximum atomic E-state index is 11.5. The average molecular weight is 284 g/mol. The van der Waals surface area contributed by atoms with Crippen LogP contribution in [0.1, 0.15) is 17.3 Å². The number of ketones is 1. The quantitative estimate of drug-likeness (QED) is 0.466. The molecule has 4 nitrogen and oxygen atoms in total. The fourth-order valence-corrected chi connectivity index (χ4v) is 2.05. The second-order valence-corrected chi connectivity index (χ2v) is 4.66. The smallest absolute Gasteiger partial charge is 0.159 e. The molecule has 0 aromatic heterocycles. The summed E-state index contributed by atoms with van der Waals surface area (Å²) in [6, 6.07) is 15.6. The highest BCUT2D eigenvalue weighted by molar-refractivity contribution is 5.95. The van der Waals surface area contributed by atoms with Crippen LogP contribution < -0.4 is 15.6 Å². The highest BCUT2D eigenvalue weighted by Gasteiger charge is 2.09. The summed E-state index contributed by atoms with van der Waals surface area (Å²) >= 11 is 0. The molecular formula is C17H20N2O2. The minimum atomic E-state index is 0.0350. The van der Waals surface area contributed by atoms with Gasteiger partial charge in [0.25, 0.3) is 0 Å². The highest BCUT2D eigenvalue weighted by Crippen LogP contribution is 2.31. The number of benzene rings is 2. The van der Waals surface area contributed by atoms with E-state index in [9.17, 15) is 4.79 Å². The van der Waals surface area contributed by atoms with E-state index in [2.05, 4.69) is 10.9 Å². The molecular weight excluding hydrogens is 264 g/mol. The molecule has 0 spiro atoms. The normalized spacial score (nSPS) is 10.4. The highest BCUT2D eigenvalue weighted by atomic mass is 16.5. The van der Waals surface area contributed by atoms with Gasteiger partial charge in [-0.05, 0) is 31.7 Å². The molecule has 0 aliphatic carbocycles. The lowest BCUT2D eigenvalue weighted by molar-refractivity contribution is 0.101. The zero-order valence-corrected chi connectivity index (χ0v) is 12.3. The Kier molecular flexibility index (Phi) is 5.49. The standard InChI is InChI=1S/C17H20N2O2/c1-13(20)15-8-9-16(14-6-4-3-5-7-14)17(12-15)21-11-10-19-18-2/h3-9,12,18-19H,10-11H2,1-2H3. The number of rotatable bonds is 7. The third-order valence-corrected chi connectivity index (χ3v) is 3.13. The second kappa shape index (κ2) is 7.57. The lowest BCUT2D eigenvalue weighted by Gasteiger charge is -2.13. The van der Waals surface area contributed by atoms with Crippen molar-refractivity contribution in [3.63, 3.8) is 0 Å². The number of hydrazine groups is 1. The van der Waals surface area contributed by atoms with Crippen molar-refractivity contribution in [1.29, 1.82) is 0 Å². The van der Waals surface area contributed by atoms with Gasteiger partial charge >= 0.3 is 0 Å². The first-order chi connectivity index (χ1) is 10.2. The van der Waals surface area contributed by atoms with E-state index in [1.165, 1.54) is 0 Å². The lowest BCUT2D eigenvalue weighted by Crippen LogP contribution is -2.31. The van der Waals surface area contributed by atoms with Crippen molar-refractivity contribution < 1.29 is 9.53 Å². The van der Waals surface area contributed by atoms with Gasteiger partial charge in [-0.1, -0.05) is 36.4 Å². The van der Waals surface area contributed by atoms with Crippen molar-refractivity contribution in [2.24, 2.45) is 0 Å². The van der Waals surface area contributed by atoms with E-state index >= 15 is 0 Å². The molecule has 0 fully saturated rings. The predicted molar refractivity (Wildman–Crippen MR) is 84.4 cm³/mol. The molecule has 2 N–H and O–H groups in total.